The summed E-state index contributed by atoms with van der Waals surface area (Å²) in [5.41, 5.74) is 10.0. The van der Waals surface area contributed by atoms with Crippen molar-refractivity contribution in [2.24, 2.45) is 5.73 Å². The van der Waals surface area contributed by atoms with Crippen LogP contribution in [0.3, 0.4) is 0 Å². The first-order valence-corrected chi connectivity index (χ1v) is 12.7. The summed E-state index contributed by atoms with van der Waals surface area (Å²) in [6, 6.07) is 4.34. The van der Waals surface area contributed by atoms with Gasteiger partial charge in [-0.2, -0.15) is 15.0 Å². The summed E-state index contributed by atoms with van der Waals surface area (Å²) >= 11 is 0. The van der Waals surface area contributed by atoms with Gasteiger partial charge in [0.15, 0.2) is 5.82 Å². The first kappa shape index (κ1) is 28.0. The van der Waals surface area contributed by atoms with E-state index >= 15 is 0 Å². The molecule has 0 bridgehead atoms. The Morgan fingerprint density at radius 3 is 1.97 bits per heavy atom. The average molecular weight is 473 g/mol. The highest BCUT2D eigenvalue weighted by molar-refractivity contribution is 5.67. The quantitative estimate of drug-likeness (QED) is 0.269. The molecule has 1 aromatic carbocycles. The van der Waals surface area contributed by atoms with Gasteiger partial charge in [0, 0.05) is 25.2 Å². The number of anilines is 2. The van der Waals surface area contributed by atoms with Gasteiger partial charge in [-0.15, -0.1) is 0 Å². The molecule has 190 valence electrons. The van der Waals surface area contributed by atoms with Gasteiger partial charge in [0.25, 0.3) is 0 Å². The number of nitrogens with zero attached hydrogens (tertiary/aromatic N) is 3. The van der Waals surface area contributed by atoms with Crippen LogP contribution in [-0.2, 0) is 9.47 Å². The summed E-state index contributed by atoms with van der Waals surface area (Å²) in [4.78, 5) is 14.1. The van der Waals surface area contributed by atoms with Crippen LogP contribution in [0.5, 0.6) is 0 Å². The SMILES string of the molecule is CCCCCCCCNc1nc(NCCOCCOCCN)nc(-c2c(C)cc(C)cc2C)n1. The Morgan fingerprint density at radius 2 is 1.32 bits per heavy atom. The molecule has 34 heavy (non-hydrogen) atoms. The molecule has 0 amide bonds. The van der Waals surface area contributed by atoms with Gasteiger partial charge in [-0.05, 0) is 38.3 Å². The Kier molecular flexibility index (Phi) is 13.4. The van der Waals surface area contributed by atoms with Gasteiger partial charge in [-0.1, -0.05) is 56.7 Å². The number of aromatic nitrogens is 3. The predicted octanol–water partition coefficient (Wildman–Crippen LogP) is 4.64. The largest absolute Gasteiger partial charge is 0.378 e. The molecule has 0 fully saturated rings. The van der Waals surface area contributed by atoms with Crippen molar-refractivity contribution >= 4 is 11.9 Å². The Hall–Kier alpha value is -2.29. The van der Waals surface area contributed by atoms with E-state index in [1.807, 2.05) is 0 Å². The Balaban J connectivity index is 2.01. The minimum atomic E-state index is 0.526. The lowest BCUT2D eigenvalue weighted by Gasteiger charge is -2.14. The zero-order chi connectivity index (χ0) is 24.6. The standard InChI is InChI=1S/C26H44N6O2/c1-5-6-7-8-9-10-12-28-25-30-24(23-21(3)18-20(2)19-22(23)4)31-26(32-25)29-13-15-34-17-16-33-14-11-27/h18-19H,5-17,27H2,1-4H3,(H2,28,29,30,31,32). The number of benzene rings is 1. The molecule has 8 nitrogen and oxygen atoms in total. The van der Waals surface area contributed by atoms with Gasteiger partial charge in [-0.25, -0.2) is 0 Å². The number of nitrogens with two attached hydrogens (primary N) is 1. The second-order valence-electron chi connectivity index (χ2n) is 8.71. The second kappa shape index (κ2) is 16.4. The summed E-state index contributed by atoms with van der Waals surface area (Å²) in [6.07, 6.45) is 7.51. The van der Waals surface area contributed by atoms with Crippen molar-refractivity contribution in [3.63, 3.8) is 0 Å². The van der Waals surface area contributed by atoms with Crippen molar-refractivity contribution in [2.75, 3.05) is 56.7 Å². The van der Waals surface area contributed by atoms with Gasteiger partial charge in [0.1, 0.15) is 0 Å². The Morgan fingerprint density at radius 1 is 0.735 bits per heavy atom. The first-order chi connectivity index (χ1) is 16.5. The number of rotatable bonds is 18. The van der Waals surface area contributed by atoms with Crippen molar-refractivity contribution in [1.82, 2.24) is 15.0 Å². The van der Waals surface area contributed by atoms with Crippen molar-refractivity contribution in [2.45, 2.75) is 66.2 Å². The average Bonchev–Trinajstić information content (AvgIpc) is 2.79. The van der Waals surface area contributed by atoms with E-state index in [-0.39, 0.29) is 0 Å². The lowest BCUT2D eigenvalue weighted by atomic mass is 9.99. The minimum absolute atomic E-state index is 0.526. The minimum Gasteiger partial charge on any atom is -0.378 e. The molecule has 0 saturated heterocycles. The Labute approximate surface area is 205 Å². The fourth-order valence-electron chi connectivity index (χ4n) is 3.92. The third-order valence-electron chi connectivity index (χ3n) is 5.51. The first-order valence-electron chi connectivity index (χ1n) is 12.7. The fourth-order valence-corrected chi connectivity index (χ4v) is 3.92. The van der Waals surface area contributed by atoms with Crippen LogP contribution in [0.4, 0.5) is 11.9 Å². The number of hydrogen-bond acceptors (Lipinski definition) is 8. The molecule has 0 spiro atoms. The molecule has 0 atom stereocenters. The maximum atomic E-state index is 5.60. The third-order valence-corrected chi connectivity index (χ3v) is 5.51. The van der Waals surface area contributed by atoms with Crippen molar-refractivity contribution in [3.8, 4) is 11.4 Å². The normalized spacial score (nSPS) is 11.1. The zero-order valence-electron chi connectivity index (χ0n) is 21.6. The molecule has 0 aliphatic rings. The van der Waals surface area contributed by atoms with Crippen LogP contribution >= 0.6 is 0 Å². The van der Waals surface area contributed by atoms with E-state index in [0.717, 1.165) is 29.7 Å². The second-order valence-corrected chi connectivity index (χ2v) is 8.71. The zero-order valence-corrected chi connectivity index (χ0v) is 21.6. The topological polar surface area (TPSA) is 107 Å². The molecule has 1 aromatic heterocycles. The molecule has 0 radical (unpaired) electrons. The van der Waals surface area contributed by atoms with Crippen molar-refractivity contribution < 1.29 is 9.47 Å². The number of hydrogen-bond donors (Lipinski definition) is 3. The van der Waals surface area contributed by atoms with Crippen LogP contribution in [-0.4, -0.2) is 61.0 Å². The van der Waals surface area contributed by atoms with E-state index in [2.05, 4.69) is 55.4 Å². The predicted molar refractivity (Wildman–Crippen MR) is 141 cm³/mol. The third kappa shape index (κ3) is 10.3. The summed E-state index contributed by atoms with van der Waals surface area (Å²) in [7, 11) is 0. The number of aryl methyl sites for hydroxylation is 3. The summed E-state index contributed by atoms with van der Waals surface area (Å²) in [6.45, 7) is 12.7. The molecular weight excluding hydrogens is 428 g/mol. The summed E-state index contributed by atoms with van der Waals surface area (Å²) < 4.78 is 10.9. The molecule has 2 aromatic rings. The van der Waals surface area contributed by atoms with Crippen LogP contribution in [0.25, 0.3) is 11.4 Å². The van der Waals surface area contributed by atoms with E-state index in [9.17, 15) is 0 Å². The van der Waals surface area contributed by atoms with E-state index in [0.29, 0.717) is 57.2 Å². The van der Waals surface area contributed by atoms with Gasteiger partial charge < -0.3 is 25.8 Å². The highest BCUT2D eigenvalue weighted by Crippen LogP contribution is 2.27. The molecular formula is C26H44N6O2. The maximum absolute atomic E-state index is 5.60. The smallest absolute Gasteiger partial charge is 0.228 e. The molecule has 0 unspecified atom stereocenters. The van der Waals surface area contributed by atoms with E-state index in [1.165, 1.54) is 37.7 Å². The van der Waals surface area contributed by atoms with Gasteiger partial charge in [-0.3, -0.25) is 0 Å². The molecule has 0 saturated carbocycles. The molecule has 8 heteroatoms. The van der Waals surface area contributed by atoms with E-state index < -0.39 is 0 Å². The van der Waals surface area contributed by atoms with E-state index in [4.69, 9.17) is 25.2 Å². The molecule has 2 rings (SSSR count). The number of unbranched alkanes of at least 4 members (excludes halogenated alkanes) is 5. The van der Waals surface area contributed by atoms with E-state index in [1.54, 1.807) is 0 Å². The van der Waals surface area contributed by atoms with Crippen LogP contribution in [0, 0.1) is 20.8 Å². The highest BCUT2D eigenvalue weighted by Gasteiger charge is 2.13. The van der Waals surface area contributed by atoms with Crippen LogP contribution < -0.4 is 16.4 Å². The molecule has 4 N–H and O–H groups in total. The molecule has 0 aliphatic carbocycles. The highest BCUT2D eigenvalue weighted by atomic mass is 16.5. The van der Waals surface area contributed by atoms with Crippen LogP contribution in [0.1, 0.15) is 62.1 Å². The monoisotopic (exact) mass is 472 g/mol. The Bertz CT molecular complexity index is 823. The number of ether oxygens (including phenoxy) is 2. The van der Waals surface area contributed by atoms with Crippen LogP contribution in [0.15, 0.2) is 12.1 Å². The maximum Gasteiger partial charge on any atom is 0.228 e. The summed E-state index contributed by atoms with van der Waals surface area (Å²) in [5.74, 6) is 1.85. The number of nitrogens with one attached hydrogen (secondary N) is 2. The van der Waals surface area contributed by atoms with Gasteiger partial charge >= 0.3 is 0 Å². The summed E-state index contributed by atoms with van der Waals surface area (Å²) in [5, 5.41) is 6.69. The van der Waals surface area contributed by atoms with Crippen molar-refractivity contribution in [3.05, 3.63) is 28.8 Å². The van der Waals surface area contributed by atoms with Crippen molar-refractivity contribution in [1.29, 1.82) is 0 Å². The van der Waals surface area contributed by atoms with Gasteiger partial charge in [0.2, 0.25) is 11.9 Å². The molecule has 0 aliphatic heterocycles. The fraction of sp³-hybridized carbons (Fsp3) is 0.654. The molecule has 1 heterocycles. The lowest BCUT2D eigenvalue weighted by molar-refractivity contribution is 0.0547. The van der Waals surface area contributed by atoms with Gasteiger partial charge in [0.05, 0.1) is 26.4 Å². The lowest BCUT2D eigenvalue weighted by Crippen LogP contribution is -2.17. The van der Waals surface area contributed by atoms with Crippen LogP contribution in [0.2, 0.25) is 0 Å².